The highest BCUT2D eigenvalue weighted by atomic mass is 32.1. The Morgan fingerprint density at radius 3 is 2.79 bits per heavy atom. The number of H-pyrrole nitrogens is 1. The van der Waals surface area contributed by atoms with Crippen LogP contribution in [-0.4, -0.2) is 19.6 Å². The van der Waals surface area contributed by atoms with Crippen molar-refractivity contribution in [3.8, 4) is 11.4 Å². The lowest BCUT2D eigenvalue weighted by Gasteiger charge is -2.00. The van der Waals surface area contributed by atoms with E-state index >= 15 is 0 Å². The van der Waals surface area contributed by atoms with Crippen LogP contribution < -0.4 is 5.56 Å². The quantitative estimate of drug-likeness (QED) is 0.576. The highest BCUT2D eigenvalue weighted by Crippen LogP contribution is 2.23. The summed E-state index contributed by atoms with van der Waals surface area (Å²) in [6.45, 7) is 0. The monoisotopic (exact) mass is 268 g/mol. The summed E-state index contributed by atoms with van der Waals surface area (Å²) >= 11 is 1.51. The maximum absolute atomic E-state index is 11.9. The smallest absolute Gasteiger partial charge is 0.261 e. The molecule has 92 valence electrons. The van der Waals surface area contributed by atoms with E-state index in [1.165, 1.54) is 11.3 Å². The minimum atomic E-state index is -0.129. The molecule has 3 aromatic heterocycles. The van der Waals surface area contributed by atoms with E-state index in [0.717, 1.165) is 16.2 Å². The molecule has 1 aromatic carbocycles. The summed E-state index contributed by atoms with van der Waals surface area (Å²) in [6.07, 6.45) is 0. The van der Waals surface area contributed by atoms with Gasteiger partial charge in [-0.15, -0.1) is 21.5 Å². The molecule has 0 saturated heterocycles. The summed E-state index contributed by atoms with van der Waals surface area (Å²) in [6, 6.07) is 11.6. The van der Waals surface area contributed by atoms with E-state index in [0.29, 0.717) is 11.2 Å². The van der Waals surface area contributed by atoms with E-state index < -0.39 is 0 Å². The van der Waals surface area contributed by atoms with E-state index in [-0.39, 0.29) is 5.56 Å². The second-order valence-electron chi connectivity index (χ2n) is 4.14. The van der Waals surface area contributed by atoms with Gasteiger partial charge < -0.3 is 0 Å². The van der Waals surface area contributed by atoms with Crippen LogP contribution in [0.5, 0.6) is 0 Å². The molecule has 0 atom stereocenters. The Bertz CT molecular complexity index is 936. The van der Waals surface area contributed by atoms with Gasteiger partial charge in [0.05, 0.1) is 5.39 Å². The number of aromatic amines is 1. The van der Waals surface area contributed by atoms with E-state index in [9.17, 15) is 4.79 Å². The Hall–Kier alpha value is -2.47. The lowest BCUT2D eigenvalue weighted by Crippen LogP contribution is -2.08. The van der Waals surface area contributed by atoms with Gasteiger partial charge in [0.25, 0.3) is 5.56 Å². The Morgan fingerprint density at radius 2 is 1.95 bits per heavy atom. The molecule has 0 saturated carbocycles. The van der Waals surface area contributed by atoms with Gasteiger partial charge in [-0.3, -0.25) is 14.2 Å². The molecule has 0 unspecified atom stereocenters. The van der Waals surface area contributed by atoms with Crippen molar-refractivity contribution in [3.05, 3.63) is 52.1 Å². The van der Waals surface area contributed by atoms with Crippen molar-refractivity contribution in [2.75, 3.05) is 0 Å². The Morgan fingerprint density at radius 1 is 1.11 bits per heavy atom. The van der Waals surface area contributed by atoms with Crippen molar-refractivity contribution in [1.29, 1.82) is 0 Å². The number of fused-ring (bicyclic) bond motifs is 3. The summed E-state index contributed by atoms with van der Waals surface area (Å²) in [7, 11) is 0. The molecule has 0 spiro atoms. The second-order valence-corrected chi connectivity index (χ2v) is 5.04. The largest absolute Gasteiger partial charge is 0.290 e. The molecule has 0 aliphatic heterocycles. The van der Waals surface area contributed by atoms with Crippen LogP contribution in [0.15, 0.2) is 46.6 Å². The van der Waals surface area contributed by atoms with Gasteiger partial charge >= 0.3 is 0 Å². The average molecular weight is 268 g/mol. The summed E-state index contributed by atoms with van der Waals surface area (Å²) in [5, 5.41) is 10.8. The molecule has 0 amide bonds. The van der Waals surface area contributed by atoms with Gasteiger partial charge in [-0.25, -0.2) is 0 Å². The molecular weight excluding hydrogens is 260 g/mol. The van der Waals surface area contributed by atoms with Crippen LogP contribution in [0.3, 0.4) is 0 Å². The van der Waals surface area contributed by atoms with Crippen LogP contribution in [0.25, 0.3) is 27.4 Å². The molecule has 0 aliphatic rings. The minimum Gasteiger partial charge on any atom is -0.290 e. The Labute approximate surface area is 111 Å². The fraction of sp³-hybridized carbons (Fsp3) is 0. The van der Waals surface area contributed by atoms with Crippen molar-refractivity contribution in [1.82, 2.24) is 19.6 Å². The molecule has 0 radical (unpaired) electrons. The fourth-order valence-electron chi connectivity index (χ4n) is 2.15. The van der Waals surface area contributed by atoms with Gasteiger partial charge in [-0.05, 0) is 11.4 Å². The van der Waals surface area contributed by atoms with Gasteiger partial charge in [-0.1, -0.05) is 30.3 Å². The third-order valence-electron chi connectivity index (χ3n) is 3.01. The molecular formula is C13H8N4OS. The predicted molar refractivity (Wildman–Crippen MR) is 74.4 cm³/mol. The standard InChI is InChI=1S/C13H8N4OS/c18-11-9-6-7-19-12(9)17-10(15-16-13(17)14-11)8-4-2-1-3-5-8/h1-7H,(H,14,16,18). The van der Waals surface area contributed by atoms with Crippen LogP contribution in [0.1, 0.15) is 0 Å². The Balaban J connectivity index is 2.19. The maximum atomic E-state index is 11.9. The SMILES string of the molecule is O=c1[nH]c2nnc(-c3ccccc3)n2c2sccc12. The number of hydrogen-bond donors (Lipinski definition) is 1. The van der Waals surface area contributed by atoms with Crippen LogP contribution in [-0.2, 0) is 0 Å². The van der Waals surface area contributed by atoms with Gasteiger partial charge in [0.1, 0.15) is 4.83 Å². The van der Waals surface area contributed by atoms with Crippen molar-refractivity contribution >= 4 is 27.3 Å². The van der Waals surface area contributed by atoms with E-state index in [2.05, 4.69) is 15.2 Å². The lowest BCUT2D eigenvalue weighted by atomic mass is 10.2. The zero-order valence-corrected chi connectivity index (χ0v) is 10.5. The molecule has 0 fully saturated rings. The van der Waals surface area contributed by atoms with Crippen LogP contribution in [0.4, 0.5) is 0 Å². The van der Waals surface area contributed by atoms with Gasteiger partial charge in [-0.2, -0.15) is 0 Å². The molecule has 0 aliphatic carbocycles. The number of hydrogen-bond acceptors (Lipinski definition) is 4. The van der Waals surface area contributed by atoms with Crippen molar-refractivity contribution in [2.24, 2.45) is 0 Å². The van der Waals surface area contributed by atoms with Crippen molar-refractivity contribution in [3.63, 3.8) is 0 Å². The molecule has 1 N–H and O–H groups in total. The molecule has 0 bridgehead atoms. The lowest BCUT2D eigenvalue weighted by molar-refractivity contribution is 1.09. The molecule has 3 heterocycles. The third-order valence-corrected chi connectivity index (χ3v) is 3.91. The molecule has 19 heavy (non-hydrogen) atoms. The van der Waals surface area contributed by atoms with E-state index in [4.69, 9.17) is 0 Å². The van der Waals surface area contributed by atoms with Gasteiger partial charge in [0.2, 0.25) is 5.78 Å². The van der Waals surface area contributed by atoms with E-state index in [1.807, 2.05) is 46.2 Å². The predicted octanol–water partition coefficient (Wildman–Crippen LogP) is 2.30. The number of benzene rings is 1. The van der Waals surface area contributed by atoms with Crippen LogP contribution >= 0.6 is 11.3 Å². The zero-order chi connectivity index (χ0) is 12.8. The molecule has 5 nitrogen and oxygen atoms in total. The van der Waals surface area contributed by atoms with Crippen LogP contribution in [0.2, 0.25) is 0 Å². The molecule has 4 rings (SSSR count). The third kappa shape index (κ3) is 1.43. The van der Waals surface area contributed by atoms with Gasteiger partial charge in [0, 0.05) is 5.56 Å². The number of nitrogens with one attached hydrogen (secondary N) is 1. The first-order valence-corrected chi connectivity index (χ1v) is 6.62. The van der Waals surface area contributed by atoms with Crippen molar-refractivity contribution in [2.45, 2.75) is 0 Å². The highest BCUT2D eigenvalue weighted by Gasteiger charge is 2.13. The number of rotatable bonds is 1. The Kier molecular flexibility index (Phi) is 2.07. The number of thiophene rings is 1. The summed E-state index contributed by atoms with van der Waals surface area (Å²) < 4.78 is 1.89. The first-order chi connectivity index (χ1) is 9.34. The zero-order valence-electron chi connectivity index (χ0n) is 9.70. The highest BCUT2D eigenvalue weighted by molar-refractivity contribution is 7.16. The first kappa shape index (κ1) is 10.5. The summed E-state index contributed by atoms with van der Waals surface area (Å²) in [5.74, 6) is 1.21. The second kappa shape index (κ2) is 3.76. The number of nitrogens with zero attached hydrogens (tertiary/aromatic N) is 3. The topological polar surface area (TPSA) is 63.0 Å². The summed E-state index contributed by atoms with van der Waals surface area (Å²) in [4.78, 5) is 15.5. The molecule has 4 aromatic rings. The average Bonchev–Trinajstić information content (AvgIpc) is 3.05. The van der Waals surface area contributed by atoms with E-state index in [1.54, 1.807) is 0 Å². The molecule has 6 heteroatoms. The normalized spacial score (nSPS) is 11.4. The van der Waals surface area contributed by atoms with Gasteiger partial charge in [0.15, 0.2) is 5.82 Å². The van der Waals surface area contributed by atoms with Crippen molar-refractivity contribution < 1.29 is 0 Å². The minimum absolute atomic E-state index is 0.129. The summed E-state index contributed by atoms with van der Waals surface area (Å²) in [5.41, 5.74) is 0.840. The number of aromatic nitrogens is 4. The first-order valence-electron chi connectivity index (χ1n) is 5.74. The maximum Gasteiger partial charge on any atom is 0.261 e. The van der Waals surface area contributed by atoms with Crippen LogP contribution in [0, 0.1) is 0 Å². The fourth-order valence-corrected chi connectivity index (χ4v) is 3.05.